The Bertz CT molecular complexity index is 337. The summed E-state index contributed by atoms with van der Waals surface area (Å²) in [5.74, 6) is -0.159. The highest BCUT2D eigenvalue weighted by molar-refractivity contribution is 5.80. The van der Waals surface area contributed by atoms with Gasteiger partial charge in [0.2, 0.25) is 0 Å². The Hall–Kier alpha value is -0.650. The van der Waals surface area contributed by atoms with E-state index in [0.717, 1.165) is 38.9 Å². The number of rotatable bonds is 8. The summed E-state index contributed by atoms with van der Waals surface area (Å²) in [6.45, 7) is 9.45. The van der Waals surface area contributed by atoms with E-state index in [9.17, 15) is 4.79 Å². The summed E-state index contributed by atoms with van der Waals surface area (Å²) in [7, 11) is 3.61. The molecule has 5 nitrogen and oxygen atoms in total. The average Bonchev–Trinajstić information content (AvgIpc) is 2.47. The Labute approximate surface area is 129 Å². The van der Waals surface area contributed by atoms with Crippen molar-refractivity contribution in [1.82, 2.24) is 10.2 Å². The van der Waals surface area contributed by atoms with Gasteiger partial charge in [-0.2, -0.15) is 0 Å². The minimum Gasteiger partial charge on any atom is -0.465 e. The topological polar surface area (TPSA) is 50.8 Å². The van der Waals surface area contributed by atoms with Crippen molar-refractivity contribution >= 4 is 5.97 Å². The molecule has 2 unspecified atom stereocenters. The van der Waals surface area contributed by atoms with Gasteiger partial charge >= 0.3 is 5.97 Å². The first kappa shape index (κ1) is 18.4. The van der Waals surface area contributed by atoms with Gasteiger partial charge in [-0.25, -0.2) is 0 Å². The average molecular weight is 300 g/mol. The molecule has 2 atom stereocenters. The fourth-order valence-electron chi connectivity index (χ4n) is 2.94. The van der Waals surface area contributed by atoms with Crippen LogP contribution in [0.4, 0.5) is 0 Å². The number of likely N-dealkylation sites (tertiary alicyclic amines) is 1. The van der Waals surface area contributed by atoms with Crippen LogP contribution in [0.2, 0.25) is 0 Å². The van der Waals surface area contributed by atoms with E-state index in [4.69, 9.17) is 9.47 Å². The van der Waals surface area contributed by atoms with Crippen LogP contribution in [0.5, 0.6) is 0 Å². The van der Waals surface area contributed by atoms with Gasteiger partial charge < -0.3 is 19.7 Å². The molecule has 1 saturated heterocycles. The highest BCUT2D eigenvalue weighted by atomic mass is 16.5. The molecule has 0 spiro atoms. The largest absolute Gasteiger partial charge is 0.465 e. The van der Waals surface area contributed by atoms with Crippen LogP contribution in [0.3, 0.4) is 0 Å². The van der Waals surface area contributed by atoms with E-state index in [-0.39, 0.29) is 11.6 Å². The van der Waals surface area contributed by atoms with Crippen molar-refractivity contribution in [2.75, 3.05) is 40.4 Å². The van der Waals surface area contributed by atoms with Gasteiger partial charge in [-0.3, -0.25) is 4.79 Å². The van der Waals surface area contributed by atoms with Gasteiger partial charge in [0.15, 0.2) is 0 Å². The number of carbonyl (C=O) groups excluding carboxylic acids is 1. The molecule has 0 aromatic heterocycles. The van der Waals surface area contributed by atoms with Gasteiger partial charge in [0.05, 0.1) is 12.2 Å². The lowest BCUT2D eigenvalue weighted by atomic mass is 9.93. The quantitative estimate of drug-likeness (QED) is 0.693. The number of carbonyl (C=O) groups is 1. The first-order valence-electron chi connectivity index (χ1n) is 8.03. The summed E-state index contributed by atoms with van der Waals surface area (Å²) < 4.78 is 10.8. The predicted octanol–water partition coefficient (Wildman–Crippen LogP) is 1.81. The molecule has 0 bridgehead atoms. The number of methoxy groups -OCH3 is 1. The summed E-state index contributed by atoms with van der Waals surface area (Å²) >= 11 is 0. The highest BCUT2D eigenvalue weighted by Gasteiger charge is 2.34. The fraction of sp³-hybridized carbons (Fsp3) is 0.938. The lowest BCUT2D eigenvalue weighted by Gasteiger charge is -2.39. The van der Waals surface area contributed by atoms with Crippen LogP contribution in [-0.2, 0) is 14.3 Å². The molecule has 0 aliphatic carbocycles. The minimum atomic E-state index is -0.587. The van der Waals surface area contributed by atoms with Crippen molar-refractivity contribution in [2.45, 2.75) is 57.6 Å². The maximum Gasteiger partial charge on any atom is 0.326 e. The molecule has 21 heavy (non-hydrogen) atoms. The normalized spacial score (nSPS) is 26.3. The summed E-state index contributed by atoms with van der Waals surface area (Å²) in [6, 6.07) is 0. The number of ether oxygens (including phenoxy) is 2. The maximum absolute atomic E-state index is 12.0. The van der Waals surface area contributed by atoms with Crippen LogP contribution in [0.1, 0.15) is 46.5 Å². The van der Waals surface area contributed by atoms with Gasteiger partial charge in [0, 0.05) is 13.7 Å². The molecule has 124 valence electrons. The van der Waals surface area contributed by atoms with Crippen molar-refractivity contribution < 1.29 is 14.3 Å². The molecule has 1 heterocycles. The molecule has 0 saturated carbocycles. The Morgan fingerprint density at radius 1 is 1.48 bits per heavy atom. The zero-order valence-electron chi connectivity index (χ0n) is 14.3. The second-order valence-corrected chi connectivity index (χ2v) is 6.44. The van der Waals surface area contributed by atoms with Crippen molar-refractivity contribution in [3.8, 4) is 0 Å². The number of piperidine rings is 1. The van der Waals surface area contributed by atoms with Crippen LogP contribution in [-0.4, -0.2) is 62.4 Å². The summed E-state index contributed by atoms with van der Waals surface area (Å²) in [4.78, 5) is 14.4. The SMILES string of the molecule is CCOC(=O)C(C)(CCCN1CCCC(C)(OC)C1)NC. The lowest BCUT2D eigenvalue weighted by molar-refractivity contribution is -0.150. The van der Waals surface area contributed by atoms with E-state index in [0.29, 0.717) is 6.61 Å². The summed E-state index contributed by atoms with van der Waals surface area (Å²) in [5.41, 5.74) is -0.609. The third-order valence-electron chi connectivity index (χ3n) is 4.66. The molecule has 0 aromatic carbocycles. The first-order chi connectivity index (χ1) is 9.89. The Balaban J connectivity index is 2.42. The number of esters is 1. The minimum absolute atomic E-state index is 0.0221. The van der Waals surface area contributed by atoms with Gasteiger partial charge in [0.25, 0.3) is 0 Å². The van der Waals surface area contributed by atoms with Crippen molar-refractivity contribution in [3.05, 3.63) is 0 Å². The van der Waals surface area contributed by atoms with Crippen LogP contribution in [0.25, 0.3) is 0 Å². The monoisotopic (exact) mass is 300 g/mol. The van der Waals surface area contributed by atoms with Gasteiger partial charge in [0.1, 0.15) is 5.54 Å². The Kier molecular flexibility index (Phi) is 7.10. The molecule has 1 N–H and O–H groups in total. The zero-order valence-corrected chi connectivity index (χ0v) is 14.3. The third-order valence-corrected chi connectivity index (χ3v) is 4.66. The van der Waals surface area contributed by atoms with Crippen LogP contribution in [0, 0.1) is 0 Å². The van der Waals surface area contributed by atoms with E-state index >= 15 is 0 Å². The molecule has 1 fully saturated rings. The number of likely N-dealkylation sites (N-methyl/N-ethyl adjacent to an activating group) is 1. The van der Waals surface area contributed by atoms with Crippen LogP contribution >= 0.6 is 0 Å². The molecular formula is C16H32N2O3. The Morgan fingerprint density at radius 3 is 2.76 bits per heavy atom. The van der Waals surface area contributed by atoms with Crippen LogP contribution in [0.15, 0.2) is 0 Å². The van der Waals surface area contributed by atoms with Gasteiger partial charge in [-0.1, -0.05) is 0 Å². The molecule has 1 aliphatic rings. The summed E-state index contributed by atoms with van der Waals surface area (Å²) in [5, 5.41) is 3.11. The fourth-order valence-corrected chi connectivity index (χ4v) is 2.94. The maximum atomic E-state index is 12.0. The summed E-state index contributed by atoms with van der Waals surface area (Å²) in [6.07, 6.45) is 4.04. The Morgan fingerprint density at radius 2 is 2.19 bits per heavy atom. The molecule has 0 radical (unpaired) electrons. The molecule has 5 heteroatoms. The predicted molar refractivity (Wildman–Crippen MR) is 84.4 cm³/mol. The van der Waals surface area contributed by atoms with E-state index in [1.54, 1.807) is 7.11 Å². The van der Waals surface area contributed by atoms with Crippen molar-refractivity contribution in [1.29, 1.82) is 0 Å². The molecule has 1 aliphatic heterocycles. The third kappa shape index (κ3) is 5.24. The number of hydrogen-bond donors (Lipinski definition) is 1. The van der Waals surface area contributed by atoms with Crippen LogP contribution < -0.4 is 5.32 Å². The van der Waals surface area contributed by atoms with Crippen molar-refractivity contribution in [3.63, 3.8) is 0 Å². The van der Waals surface area contributed by atoms with Crippen molar-refractivity contribution in [2.24, 2.45) is 0 Å². The lowest BCUT2D eigenvalue weighted by Crippen LogP contribution is -2.50. The van der Waals surface area contributed by atoms with Gasteiger partial charge in [-0.05, 0) is 66.6 Å². The van der Waals surface area contributed by atoms with Gasteiger partial charge in [-0.15, -0.1) is 0 Å². The number of hydrogen-bond acceptors (Lipinski definition) is 5. The molecule has 0 amide bonds. The standard InChI is InChI=1S/C16H32N2O3/c1-6-21-14(19)16(3,17-4)10-8-12-18-11-7-9-15(2,13-18)20-5/h17H,6-13H2,1-5H3. The smallest absolute Gasteiger partial charge is 0.326 e. The second kappa shape index (κ2) is 8.11. The molecule has 1 rings (SSSR count). The zero-order chi connectivity index (χ0) is 15.9. The first-order valence-corrected chi connectivity index (χ1v) is 8.03. The highest BCUT2D eigenvalue weighted by Crippen LogP contribution is 2.24. The van der Waals surface area contributed by atoms with E-state index < -0.39 is 5.54 Å². The number of nitrogens with zero attached hydrogens (tertiary/aromatic N) is 1. The molecule has 0 aromatic rings. The number of nitrogens with one attached hydrogen (secondary N) is 1. The van der Waals surface area contributed by atoms with E-state index in [2.05, 4.69) is 17.1 Å². The van der Waals surface area contributed by atoms with E-state index in [1.165, 1.54) is 6.42 Å². The molecular weight excluding hydrogens is 268 g/mol. The van der Waals surface area contributed by atoms with E-state index in [1.807, 2.05) is 20.9 Å². The second-order valence-electron chi connectivity index (χ2n) is 6.44.